The quantitative estimate of drug-likeness (QED) is 0.830. The number of hydrogen-bond acceptors (Lipinski definition) is 4. The zero-order valence-electron chi connectivity index (χ0n) is 6.91. The van der Waals surface area contributed by atoms with Gasteiger partial charge in [0, 0.05) is 11.1 Å². The van der Waals surface area contributed by atoms with E-state index in [1.807, 2.05) is 12.3 Å². The molecule has 13 heavy (non-hydrogen) atoms. The molecule has 0 saturated heterocycles. The van der Waals surface area contributed by atoms with Gasteiger partial charge in [-0.15, -0.1) is 16.4 Å². The number of nitrogens with zero attached hydrogens (tertiary/aromatic N) is 3. The van der Waals surface area contributed by atoms with Gasteiger partial charge in [0.15, 0.2) is 0 Å². The minimum Gasteiger partial charge on any atom is -0.261 e. The van der Waals surface area contributed by atoms with Crippen molar-refractivity contribution in [1.29, 1.82) is 0 Å². The summed E-state index contributed by atoms with van der Waals surface area (Å²) in [5.41, 5.74) is 1.03. The van der Waals surface area contributed by atoms with Crippen molar-refractivity contribution in [2.24, 2.45) is 0 Å². The lowest BCUT2D eigenvalue weighted by atomic mass is 10.4. The molecule has 0 saturated carbocycles. The number of nitrogens with one attached hydrogen (secondary N) is 1. The van der Waals surface area contributed by atoms with E-state index in [2.05, 4.69) is 20.2 Å². The Labute approximate surface area is 84.0 Å². The Kier molecular flexibility index (Phi) is 2.28. The third-order valence-corrected chi connectivity index (χ3v) is 2.63. The maximum Gasteiger partial charge on any atom is 0.242 e. The van der Waals surface area contributed by atoms with E-state index in [4.69, 9.17) is 11.6 Å². The topological polar surface area (TPSA) is 54.5 Å². The number of aromatic amines is 1. The van der Waals surface area contributed by atoms with E-state index in [0.717, 1.165) is 16.5 Å². The summed E-state index contributed by atoms with van der Waals surface area (Å²) in [7, 11) is 0. The molecule has 0 aliphatic rings. The largest absolute Gasteiger partial charge is 0.261 e. The van der Waals surface area contributed by atoms with Crippen molar-refractivity contribution in [1.82, 2.24) is 20.2 Å². The molecule has 0 bridgehead atoms. The van der Waals surface area contributed by atoms with Gasteiger partial charge in [-0.25, -0.2) is 9.97 Å². The lowest BCUT2D eigenvalue weighted by Crippen LogP contribution is -1.89. The van der Waals surface area contributed by atoms with Gasteiger partial charge < -0.3 is 0 Å². The van der Waals surface area contributed by atoms with E-state index in [0.29, 0.717) is 6.42 Å². The molecule has 0 aliphatic heterocycles. The van der Waals surface area contributed by atoms with Crippen LogP contribution in [0.4, 0.5) is 0 Å². The van der Waals surface area contributed by atoms with E-state index in [1.54, 1.807) is 11.3 Å². The van der Waals surface area contributed by atoms with Crippen molar-refractivity contribution < 1.29 is 0 Å². The summed E-state index contributed by atoms with van der Waals surface area (Å²) < 4.78 is 0. The first kappa shape index (κ1) is 8.65. The second-order valence-electron chi connectivity index (χ2n) is 2.61. The summed E-state index contributed by atoms with van der Waals surface area (Å²) in [4.78, 5) is 8.28. The second-order valence-corrected chi connectivity index (χ2v) is 3.89. The van der Waals surface area contributed by atoms with Crippen LogP contribution in [-0.2, 0) is 6.42 Å². The lowest BCUT2D eigenvalue weighted by Gasteiger charge is -1.88. The predicted octanol–water partition coefficient (Wildman–Crippen LogP) is 1.81. The van der Waals surface area contributed by atoms with Crippen LogP contribution in [0.15, 0.2) is 5.38 Å². The molecular weight excluding hydrogens is 208 g/mol. The first-order chi connectivity index (χ1) is 6.24. The molecule has 2 heterocycles. The molecule has 0 aromatic carbocycles. The van der Waals surface area contributed by atoms with E-state index in [1.165, 1.54) is 0 Å². The zero-order valence-corrected chi connectivity index (χ0v) is 8.48. The van der Waals surface area contributed by atoms with Crippen molar-refractivity contribution in [2.75, 3.05) is 0 Å². The SMILES string of the molecule is Cc1csc(Cc2nc(Cl)n[nH]2)n1. The summed E-state index contributed by atoms with van der Waals surface area (Å²) in [5, 5.41) is 9.74. The van der Waals surface area contributed by atoms with Crippen LogP contribution in [0.1, 0.15) is 16.5 Å². The molecule has 0 aliphatic carbocycles. The molecule has 0 fully saturated rings. The van der Waals surface area contributed by atoms with Crippen LogP contribution in [0.2, 0.25) is 5.28 Å². The zero-order chi connectivity index (χ0) is 9.26. The highest BCUT2D eigenvalue weighted by Crippen LogP contribution is 2.12. The van der Waals surface area contributed by atoms with Gasteiger partial charge in [-0.05, 0) is 18.5 Å². The molecule has 0 radical (unpaired) electrons. The van der Waals surface area contributed by atoms with Crippen molar-refractivity contribution in [3.63, 3.8) is 0 Å². The Balaban J connectivity index is 2.14. The number of hydrogen-bond donors (Lipinski definition) is 1. The molecule has 0 amide bonds. The summed E-state index contributed by atoms with van der Waals surface area (Å²) in [6.45, 7) is 1.97. The van der Waals surface area contributed by atoms with Gasteiger partial charge in [0.1, 0.15) is 10.8 Å². The van der Waals surface area contributed by atoms with Gasteiger partial charge in [0.05, 0.1) is 6.42 Å². The third kappa shape index (κ3) is 2.05. The average molecular weight is 215 g/mol. The molecule has 0 spiro atoms. The van der Waals surface area contributed by atoms with Crippen LogP contribution in [0.5, 0.6) is 0 Å². The van der Waals surface area contributed by atoms with Gasteiger partial charge in [-0.1, -0.05) is 0 Å². The molecule has 4 nitrogen and oxygen atoms in total. The van der Waals surface area contributed by atoms with Crippen LogP contribution >= 0.6 is 22.9 Å². The summed E-state index contributed by atoms with van der Waals surface area (Å²) >= 11 is 7.17. The Morgan fingerprint density at radius 1 is 1.54 bits per heavy atom. The van der Waals surface area contributed by atoms with Crippen LogP contribution in [0, 0.1) is 6.92 Å². The smallest absolute Gasteiger partial charge is 0.242 e. The van der Waals surface area contributed by atoms with Crippen molar-refractivity contribution in [3.8, 4) is 0 Å². The van der Waals surface area contributed by atoms with Crippen molar-refractivity contribution >= 4 is 22.9 Å². The average Bonchev–Trinajstić information content (AvgIpc) is 2.62. The fourth-order valence-electron chi connectivity index (χ4n) is 0.978. The molecule has 2 rings (SSSR count). The normalized spacial score (nSPS) is 10.6. The second kappa shape index (κ2) is 3.43. The van der Waals surface area contributed by atoms with Gasteiger partial charge in [-0.2, -0.15) is 0 Å². The maximum absolute atomic E-state index is 5.56. The Morgan fingerprint density at radius 2 is 2.38 bits per heavy atom. The first-order valence-corrected chi connectivity index (χ1v) is 4.97. The predicted molar refractivity (Wildman–Crippen MR) is 51.0 cm³/mol. The molecule has 0 unspecified atom stereocenters. The summed E-state index contributed by atoms with van der Waals surface area (Å²) in [5.74, 6) is 0.749. The monoisotopic (exact) mass is 214 g/mol. The van der Waals surface area contributed by atoms with Crippen molar-refractivity contribution in [2.45, 2.75) is 13.3 Å². The molecule has 2 aromatic rings. The first-order valence-electron chi connectivity index (χ1n) is 3.72. The summed E-state index contributed by atoms with van der Waals surface area (Å²) in [6.07, 6.45) is 0.665. The van der Waals surface area contributed by atoms with Gasteiger partial charge in [-0.3, -0.25) is 5.10 Å². The minimum atomic E-state index is 0.253. The maximum atomic E-state index is 5.56. The fourth-order valence-corrected chi connectivity index (χ4v) is 1.90. The van der Waals surface area contributed by atoms with Crippen molar-refractivity contribution in [3.05, 3.63) is 27.2 Å². The van der Waals surface area contributed by atoms with E-state index in [-0.39, 0.29) is 5.28 Å². The number of aryl methyl sites for hydroxylation is 1. The molecule has 0 atom stereocenters. The van der Waals surface area contributed by atoms with E-state index < -0.39 is 0 Å². The molecule has 2 aromatic heterocycles. The molecule has 1 N–H and O–H groups in total. The molecule has 68 valence electrons. The van der Waals surface area contributed by atoms with Crippen LogP contribution in [0.25, 0.3) is 0 Å². The number of aromatic nitrogens is 4. The van der Waals surface area contributed by atoms with Gasteiger partial charge in [0.2, 0.25) is 5.28 Å². The number of H-pyrrole nitrogens is 1. The fraction of sp³-hybridized carbons (Fsp3) is 0.286. The Bertz CT molecular complexity index is 370. The Hall–Kier alpha value is -0.940. The summed E-state index contributed by atoms with van der Waals surface area (Å²) in [6, 6.07) is 0. The highest BCUT2D eigenvalue weighted by atomic mass is 35.5. The van der Waals surface area contributed by atoms with Crippen LogP contribution in [0.3, 0.4) is 0 Å². The van der Waals surface area contributed by atoms with Crippen LogP contribution < -0.4 is 0 Å². The third-order valence-electron chi connectivity index (χ3n) is 1.49. The van der Waals surface area contributed by atoms with Gasteiger partial charge >= 0.3 is 0 Å². The molecule has 6 heteroatoms. The van der Waals surface area contributed by atoms with E-state index in [9.17, 15) is 0 Å². The number of rotatable bonds is 2. The standard InChI is InChI=1S/C7H7ClN4S/c1-4-3-13-6(9-4)2-5-10-7(8)12-11-5/h3H,2H2,1H3,(H,10,11,12). The van der Waals surface area contributed by atoms with Crippen LogP contribution in [-0.4, -0.2) is 20.2 Å². The lowest BCUT2D eigenvalue weighted by molar-refractivity contribution is 0.957. The van der Waals surface area contributed by atoms with E-state index >= 15 is 0 Å². The Morgan fingerprint density at radius 3 is 2.92 bits per heavy atom. The minimum absolute atomic E-state index is 0.253. The van der Waals surface area contributed by atoms with Gasteiger partial charge in [0.25, 0.3) is 0 Å². The highest BCUT2D eigenvalue weighted by molar-refractivity contribution is 7.09. The number of thiazole rings is 1. The highest BCUT2D eigenvalue weighted by Gasteiger charge is 2.04. The number of halogens is 1. The molecular formula is C7H7ClN4S.